The van der Waals surface area contributed by atoms with Crippen LogP contribution in [0, 0.1) is 28.6 Å². The summed E-state index contributed by atoms with van der Waals surface area (Å²) in [6, 6.07) is 18.5. The van der Waals surface area contributed by atoms with Crippen molar-refractivity contribution in [1.82, 2.24) is 0 Å². The highest BCUT2D eigenvalue weighted by atomic mass is 79.9. The first-order valence-electron chi connectivity index (χ1n) is 14.4. The fourth-order valence-electron chi connectivity index (χ4n) is 4.39. The molecule has 4 atom stereocenters. The Balaban J connectivity index is 0.000000355. The predicted molar refractivity (Wildman–Crippen MR) is 192 cm³/mol. The van der Waals surface area contributed by atoms with Crippen LogP contribution in [-0.4, -0.2) is 50.6 Å². The zero-order valence-corrected chi connectivity index (χ0v) is 32.5. The molecule has 0 spiro atoms. The molecule has 0 aliphatic heterocycles. The highest BCUT2D eigenvalue weighted by Gasteiger charge is 2.61. The quantitative estimate of drug-likeness (QED) is 0.0968. The number of nitrogens with zero attached hydrogens (tertiary/aromatic N) is 1. The molecule has 1 aliphatic rings. The van der Waals surface area contributed by atoms with Crippen LogP contribution in [0.5, 0.6) is 11.5 Å². The lowest BCUT2D eigenvalue weighted by Crippen LogP contribution is -2.24. The van der Waals surface area contributed by atoms with E-state index < -0.39 is 29.0 Å². The molecule has 1 unspecified atom stereocenters. The van der Waals surface area contributed by atoms with Gasteiger partial charge in [0.05, 0.1) is 28.9 Å². The van der Waals surface area contributed by atoms with E-state index in [0.717, 1.165) is 14.8 Å². The van der Waals surface area contributed by atoms with Gasteiger partial charge in [0.2, 0.25) is 11.8 Å². The number of halogens is 2. The average molecular weight is 836 g/mol. The van der Waals surface area contributed by atoms with Crippen LogP contribution in [0.3, 0.4) is 0 Å². The van der Waals surface area contributed by atoms with Crippen molar-refractivity contribution in [3.05, 3.63) is 69.6 Å². The molecule has 256 valence electrons. The third-order valence-corrected chi connectivity index (χ3v) is 13.3. The Morgan fingerprint density at radius 1 is 1.02 bits per heavy atom. The number of hydrogen-bond acceptors (Lipinski definition) is 12. The minimum atomic E-state index is -2.65. The molecule has 0 amide bonds. The number of benzene rings is 2. The normalized spacial score (nSPS) is 17.3. The van der Waals surface area contributed by atoms with Gasteiger partial charge < -0.3 is 28.0 Å². The average Bonchev–Trinajstić information content (AvgIpc) is 3.58. The molecule has 0 heterocycles. The van der Waals surface area contributed by atoms with Gasteiger partial charge in [-0.1, -0.05) is 61.6 Å². The van der Waals surface area contributed by atoms with E-state index in [9.17, 15) is 19.6 Å². The molecule has 47 heavy (non-hydrogen) atoms. The Morgan fingerprint density at radius 3 is 2.19 bits per heavy atom. The molecule has 2 aromatic rings. The standard InChI is InChI=1S/C22H19Br2NO3.C10H19O6PS2/c1-22(2)17(12-19(23)24)20(22)21(26)28-18(13-25)14-7-6-10-16(11-14)27-15-8-4-3-5-9-15;1-5-15-9(11)7-8(10(12)16-6-2)19-17(18,13-3)14-4/h3-12,17-18,20H,1-2H3;8H,5-7H2,1-4H3/t17-,18+,20-;/m0./s1. The number of esters is 3. The highest BCUT2D eigenvalue weighted by molar-refractivity contribution is 9.28. The van der Waals surface area contributed by atoms with Crippen molar-refractivity contribution in [3.8, 4) is 17.6 Å². The van der Waals surface area contributed by atoms with Gasteiger partial charge in [0.25, 0.3) is 0 Å². The molecule has 0 radical (unpaired) electrons. The van der Waals surface area contributed by atoms with Crippen molar-refractivity contribution in [2.45, 2.75) is 45.5 Å². The Morgan fingerprint density at radius 2 is 1.64 bits per heavy atom. The minimum absolute atomic E-state index is 0.0563. The van der Waals surface area contributed by atoms with Crippen LogP contribution in [0.4, 0.5) is 0 Å². The molecule has 1 saturated carbocycles. The first-order valence-corrected chi connectivity index (χ1v) is 20.1. The number of allylic oxidation sites excluding steroid dienone is 1. The second kappa shape index (κ2) is 19.7. The summed E-state index contributed by atoms with van der Waals surface area (Å²) >= 11 is 12.8. The van der Waals surface area contributed by atoms with Gasteiger partial charge in [-0.15, -0.1) is 0 Å². The number of para-hydroxylation sites is 1. The number of hydrogen-bond donors (Lipinski definition) is 0. The van der Waals surface area contributed by atoms with Crippen molar-refractivity contribution >= 4 is 78.6 Å². The van der Waals surface area contributed by atoms with E-state index in [1.807, 2.05) is 50.3 Å². The topological polar surface area (TPSA) is 130 Å². The predicted octanol–water partition coefficient (Wildman–Crippen LogP) is 8.61. The molecule has 10 nitrogen and oxygen atoms in total. The monoisotopic (exact) mass is 833 g/mol. The molecule has 0 saturated heterocycles. The van der Waals surface area contributed by atoms with Gasteiger partial charge in [0.1, 0.15) is 22.8 Å². The first-order chi connectivity index (χ1) is 22.2. The lowest BCUT2D eigenvalue weighted by molar-refractivity contribution is -0.149. The molecule has 0 bridgehead atoms. The molecular formula is C32H38Br2NO9PS2. The number of carbonyl (C=O) groups excluding carboxylic acids is 3. The van der Waals surface area contributed by atoms with Crippen molar-refractivity contribution < 1.29 is 42.4 Å². The number of nitriles is 1. The molecule has 2 aromatic carbocycles. The van der Waals surface area contributed by atoms with Crippen LogP contribution in [-0.2, 0) is 49.4 Å². The van der Waals surface area contributed by atoms with E-state index in [1.165, 1.54) is 14.2 Å². The van der Waals surface area contributed by atoms with E-state index >= 15 is 0 Å². The minimum Gasteiger partial charge on any atom is -0.466 e. The zero-order valence-electron chi connectivity index (χ0n) is 26.8. The summed E-state index contributed by atoms with van der Waals surface area (Å²) in [6.07, 6.45) is 0.838. The molecule has 0 N–H and O–H groups in total. The summed E-state index contributed by atoms with van der Waals surface area (Å²) < 4.78 is 32.1. The van der Waals surface area contributed by atoms with Gasteiger partial charge in [-0.25, -0.2) is 0 Å². The Labute approximate surface area is 302 Å². The lowest BCUT2D eigenvalue weighted by atomic mass is 10.1. The highest BCUT2D eigenvalue weighted by Crippen LogP contribution is 2.62. The van der Waals surface area contributed by atoms with E-state index in [1.54, 1.807) is 38.1 Å². The van der Waals surface area contributed by atoms with Crippen molar-refractivity contribution in [1.29, 1.82) is 5.26 Å². The Hall–Kier alpha value is -2.24. The molecule has 15 heteroatoms. The summed E-state index contributed by atoms with van der Waals surface area (Å²) in [6.45, 7) is 7.88. The molecule has 0 aromatic heterocycles. The van der Waals surface area contributed by atoms with E-state index in [2.05, 4.69) is 37.9 Å². The Kier molecular flexibility index (Phi) is 17.1. The Bertz CT molecular complexity index is 1470. The molecular weight excluding hydrogens is 797 g/mol. The summed E-state index contributed by atoms with van der Waals surface area (Å²) in [7, 11) is 2.81. The third kappa shape index (κ3) is 13.0. The SMILES string of the molecule is CC1(C)[C@H](C(=O)O[C@H](C#N)c2cccc(Oc3ccccc3)c2)[C@@H]1C=C(Br)Br.CCOC(=O)CC(SP(=S)(OC)OC)C(=O)OCC. The van der Waals surface area contributed by atoms with Crippen LogP contribution in [0.2, 0.25) is 0 Å². The van der Waals surface area contributed by atoms with Gasteiger partial charge in [-0.3, -0.25) is 14.4 Å². The summed E-state index contributed by atoms with van der Waals surface area (Å²) in [5, 5.41) is 8.77. The first kappa shape index (κ1) is 40.9. The maximum atomic E-state index is 12.7. The van der Waals surface area contributed by atoms with Crippen LogP contribution < -0.4 is 4.74 Å². The number of carbonyl (C=O) groups is 3. The largest absolute Gasteiger partial charge is 0.466 e. The van der Waals surface area contributed by atoms with Crippen LogP contribution in [0.1, 0.15) is 45.8 Å². The third-order valence-electron chi connectivity index (χ3n) is 6.87. The van der Waals surface area contributed by atoms with Gasteiger partial charge in [-0.05, 0) is 93.1 Å². The van der Waals surface area contributed by atoms with Crippen LogP contribution in [0.15, 0.2) is 64.1 Å². The van der Waals surface area contributed by atoms with E-state index in [0.29, 0.717) is 17.1 Å². The maximum Gasteiger partial charge on any atom is 0.320 e. The lowest BCUT2D eigenvalue weighted by Gasteiger charge is -2.21. The van der Waals surface area contributed by atoms with Gasteiger partial charge >= 0.3 is 17.9 Å². The summed E-state index contributed by atoms with van der Waals surface area (Å²) in [4.78, 5) is 35.9. The van der Waals surface area contributed by atoms with E-state index in [4.69, 9.17) is 39.8 Å². The summed E-state index contributed by atoms with van der Waals surface area (Å²) in [5.41, 5.74) is -2.27. The second-order valence-electron chi connectivity index (χ2n) is 10.4. The van der Waals surface area contributed by atoms with Gasteiger partial charge in [0, 0.05) is 19.8 Å². The van der Waals surface area contributed by atoms with Crippen LogP contribution >= 0.6 is 48.9 Å². The van der Waals surface area contributed by atoms with Crippen molar-refractivity contribution in [2.75, 3.05) is 27.4 Å². The van der Waals surface area contributed by atoms with Crippen molar-refractivity contribution in [2.24, 2.45) is 17.3 Å². The fourth-order valence-corrected chi connectivity index (χ4v) is 8.82. The fraction of sp³-hybridized carbons (Fsp3) is 0.438. The second-order valence-corrected chi connectivity index (χ2v) is 19.8. The van der Waals surface area contributed by atoms with Gasteiger partial charge in [0.15, 0.2) is 0 Å². The van der Waals surface area contributed by atoms with Crippen molar-refractivity contribution in [3.63, 3.8) is 0 Å². The van der Waals surface area contributed by atoms with E-state index in [-0.39, 0.29) is 42.9 Å². The zero-order chi connectivity index (χ0) is 35.2. The molecule has 1 fully saturated rings. The molecule has 1 aliphatic carbocycles. The maximum absolute atomic E-state index is 12.7. The summed E-state index contributed by atoms with van der Waals surface area (Å²) in [5.74, 6) is -0.326. The van der Waals surface area contributed by atoms with Gasteiger partial charge in [-0.2, -0.15) is 5.26 Å². The number of ether oxygens (including phenoxy) is 4. The number of rotatable bonds is 15. The molecule has 3 rings (SSSR count). The van der Waals surface area contributed by atoms with Crippen LogP contribution in [0.25, 0.3) is 0 Å². The smallest absolute Gasteiger partial charge is 0.320 e.